The van der Waals surface area contributed by atoms with E-state index in [-0.39, 0.29) is 18.2 Å². The average Bonchev–Trinajstić information content (AvgIpc) is 2.95. The van der Waals surface area contributed by atoms with Crippen LogP contribution in [-0.2, 0) is 16.5 Å². The molecule has 3 rings (SSSR count). The molecule has 1 atom stereocenters. The van der Waals surface area contributed by atoms with E-state index in [1.807, 2.05) is 25.1 Å². The lowest BCUT2D eigenvalue weighted by Gasteiger charge is -2.03. The Morgan fingerprint density at radius 1 is 1.14 bits per heavy atom. The number of ether oxygens (including phenoxy) is 2. The molecule has 0 radical (unpaired) electrons. The molecule has 0 bridgehead atoms. The summed E-state index contributed by atoms with van der Waals surface area (Å²) in [5, 5.41) is 0. The van der Waals surface area contributed by atoms with Gasteiger partial charge in [-0.05, 0) is 43.2 Å². The van der Waals surface area contributed by atoms with Gasteiger partial charge in [-0.25, -0.2) is 8.57 Å². The number of hydrogen-bond acceptors (Lipinski definition) is 4. The van der Waals surface area contributed by atoms with E-state index in [4.69, 9.17) is 9.47 Å². The van der Waals surface area contributed by atoms with E-state index in [0.29, 0.717) is 17.9 Å². The summed E-state index contributed by atoms with van der Waals surface area (Å²) in [6, 6.07) is 12.0. The zero-order valence-corrected chi connectivity index (χ0v) is 12.9. The van der Waals surface area contributed by atoms with Gasteiger partial charge in [-0.1, -0.05) is 23.8 Å². The molecule has 0 saturated heterocycles. The van der Waals surface area contributed by atoms with Crippen LogP contribution in [0.4, 0.5) is 3.89 Å². The summed E-state index contributed by atoms with van der Waals surface area (Å²) in [6.45, 7) is 2.25. The topological polar surface area (TPSA) is 47.9 Å². The standard InChI is InChI=1S/C16H16FNO3S/c1-12-2-5-14(6-3-12)22(17,19)18-9-8-13-4-7-15-16(10-13)21-11-20-15/h2-7,10H,8-9,11H2,1H3/t22-/m1/s1. The Morgan fingerprint density at radius 3 is 2.64 bits per heavy atom. The van der Waals surface area contributed by atoms with Crippen LogP contribution in [0.25, 0.3) is 0 Å². The van der Waals surface area contributed by atoms with E-state index in [2.05, 4.69) is 4.36 Å². The molecule has 22 heavy (non-hydrogen) atoms. The lowest BCUT2D eigenvalue weighted by Crippen LogP contribution is -1.97. The maximum atomic E-state index is 14.2. The van der Waals surface area contributed by atoms with Crippen molar-refractivity contribution >= 4 is 10.1 Å². The Kier molecular flexibility index (Phi) is 4.02. The second-order valence-electron chi connectivity index (χ2n) is 5.06. The Balaban J connectivity index is 1.71. The Morgan fingerprint density at radius 2 is 1.86 bits per heavy atom. The molecule has 1 heterocycles. The third-order valence-corrected chi connectivity index (χ3v) is 4.77. The van der Waals surface area contributed by atoms with Crippen molar-refractivity contribution in [2.24, 2.45) is 4.36 Å². The number of halogens is 1. The van der Waals surface area contributed by atoms with E-state index in [1.54, 1.807) is 12.1 Å². The second kappa shape index (κ2) is 5.96. The van der Waals surface area contributed by atoms with Crippen molar-refractivity contribution < 1.29 is 17.6 Å². The highest BCUT2D eigenvalue weighted by Crippen LogP contribution is 2.32. The molecule has 0 saturated carbocycles. The van der Waals surface area contributed by atoms with Crippen LogP contribution in [0.1, 0.15) is 11.1 Å². The summed E-state index contributed by atoms with van der Waals surface area (Å²) in [5.74, 6) is 1.38. The summed E-state index contributed by atoms with van der Waals surface area (Å²) in [5.41, 5.74) is 1.92. The van der Waals surface area contributed by atoms with Gasteiger partial charge in [0.05, 0.1) is 11.4 Å². The monoisotopic (exact) mass is 321 g/mol. The molecule has 0 N–H and O–H groups in total. The molecule has 0 spiro atoms. The van der Waals surface area contributed by atoms with Gasteiger partial charge in [-0.2, -0.15) is 0 Å². The average molecular weight is 321 g/mol. The van der Waals surface area contributed by atoms with E-state index in [1.165, 1.54) is 12.1 Å². The first-order valence-electron chi connectivity index (χ1n) is 6.92. The summed E-state index contributed by atoms with van der Waals surface area (Å²) >= 11 is 0. The van der Waals surface area contributed by atoms with Crippen molar-refractivity contribution in [3.63, 3.8) is 0 Å². The van der Waals surface area contributed by atoms with Gasteiger partial charge in [0.2, 0.25) is 16.9 Å². The van der Waals surface area contributed by atoms with Crippen LogP contribution in [0.2, 0.25) is 0 Å². The Labute approximate surface area is 129 Å². The molecule has 116 valence electrons. The molecule has 0 amide bonds. The van der Waals surface area contributed by atoms with E-state index >= 15 is 0 Å². The fraction of sp³-hybridized carbons (Fsp3) is 0.250. The summed E-state index contributed by atoms with van der Waals surface area (Å²) in [4.78, 5) is 0.115. The highest BCUT2D eigenvalue weighted by molar-refractivity contribution is 7.88. The summed E-state index contributed by atoms with van der Waals surface area (Å²) in [6.07, 6.45) is 0.489. The van der Waals surface area contributed by atoms with Crippen LogP contribution in [0.5, 0.6) is 11.5 Å². The summed E-state index contributed by atoms with van der Waals surface area (Å²) < 4.78 is 40.4. The van der Waals surface area contributed by atoms with Gasteiger partial charge in [0, 0.05) is 0 Å². The molecule has 2 aromatic rings. The fourth-order valence-electron chi connectivity index (χ4n) is 2.17. The highest BCUT2D eigenvalue weighted by Gasteiger charge is 2.13. The zero-order chi connectivity index (χ0) is 15.6. The molecule has 0 aliphatic carbocycles. The SMILES string of the molecule is Cc1ccc([S@@](=O)(F)=NCCc2ccc3c(c2)OCO3)cc1. The third-order valence-electron chi connectivity index (χ3n) is 3.41. The Bertz CT molecular complexity index is 796. The number of hydrogen-bond donors (Lipinski definition) is 0. The minimum atomic E-state index is -3.84. The first-order valence-corrected chi connectivity index (χ1v) is 8.34. The molecule has 1 aliphatic heterocycles. The minimum Gasteiger partial charge on any atom is -0.454 e. The molecule has 0 fully saturated rings. The molecule has 6 heteroatoms. The van der Waals surface area contributed by atoms with Crippen LogP contribution >= 0.6 is 0 Å². The quantitative estimate of drug-likeness (QED) is 0.807. The maximum Gasteiger partial charge on any atom is 0.231 e. The largest absolute Gasteiger partial charge is 0.454 e. The van der Waals surface area contributed by atoms with Crippen molar-refractivity contribution in [3.8, 4) is 11.5 Å². The van der Waals surface area contributed by atoms with Crippen molar-refractivity contribution in [3.05, 3.63) is 53.6 Å². The van der Waals surface area contributed by atoms with Crippen molar-refractivity contribution in [1.82, 2.24) is 0 Å². The predicted molar refractivity (Wildman–Crippen MR) is 82.3 cm³/mol. The molecule has 2 aromatic carbocycles. The van der Waals surface area contributed by atoms with E-state index in [0.717, 1.165) is 11.1 Å². The first kappa shape index (κ1) is 14.8. The van der Waals surface area contributed by atoms with Gasteiger partial charge in [0.15, 0.2) is 11.5 Å². The van der Waals surface area contributed by atoms with Gasteiger partial charge < -0.3 is 9.47 Å². The molecule has 0 aromatic heterocycles. The van der Waals surface area contributed by atoms with Gasteiger partial charge >= 0.3 is 0 Å². The predicted octanol–water partition coefficient (Wildman–Crippen LogP) is 3.68. The zero-order valence-electron chi connectivity index (χ0n) is 12.1. The molecule has 4 nitrogen and oxygen atoms in total. The van der Waals surface area contributed by atoms with Crippen LogP contribution < -0.4 is 9.47 Å². The van der Waals surface area contributed by atoms with Gasteiger partial charge in [0.1, 0.15) is 0 Å². The molecule has 1 aliphatic rings. The lowest BCUT2D eigenvalue weighted by molar-refractivity contribution is 0.174. The van der Waals surface area contributed by atoms with E-state index in [9.17, 15) is 8.09 Å². The molecular weight excluding hydrogens is 305 g/mol. The summed E-state index contributed by atoms with van der Waals surface area (Å²) in [7, 11) is -3.84. The number of aryl methyl sites for hydroxylation is 1. The van der Waals surface area contributed by atoms with Crippen molar-refractivity contribution in [1.29, 1.82) is 0 Å². The number of benzene rings is 2. The number of rotatable bonds is 4. The lowest BCUT2D eigenvalue weighted by atomic mass is 10.1. The maximum absolute atomic E-state index is 14.2. The highest BCUT2D eigenvalue weighted by atomic mass is 32.3. The number of nitrogens with zero attached hydrogens (tertiary/aromatic N) is 1. The molecule has 0 unspecified atom stereocenters. The van der Waals surface area contributed by atoms with Gasteiger partial charge in [-0.15, -0.1) is 3.89 Å². The van der Waals surface area contributed by atoms with Crippen molar-refractivity contribution in [2.45, 2.75) is 18.2 Å². The van der Waals surface area contributed by atoms with Gasteiger partial charge in [0.25, 0.3) is 0 Å². The first-order chi connectivity index (χ1) is 10.5. The van der Waals surface area contributed by atoms with Crippen LogP contribution in [-0.4, -0.2) is 17.5 Å². The number of fused-ring (bicyclic) bond motifs is 1. The van der Waals surface area contributed by atoms with Crippen LogP contribution in [0.3, 0.4) is 0 Å². The fourth-order valence-corrected chi connectivity index (χ4v) is 3.12. The van der Waals surface area contributed by atoms with Crippen LogP contribution in [0.15, 0.2) is 51.7 Å². The van der Waals surface area contributed by atoms with Gasteiger partial charge in [-0.3, -0.25) is 0 Å². The smallest absolute Gasteiger partial charge is 0.231 e. The van der Waals surface area contributed by atoms with E-state index < -0.39 is 10.1 Å². The molecular formula is C16H16FNO3S. The second-order valence-corrected chi connectivity index (χ2v) is 6.71. The Hall–Kier alpha value is -2.08. The third kappa shape index (κ3) is 3.22. The van der Waals surface area contributed by atoms with Crippen molar-refractivity contribution in [2.75, 3.05) is 13.3 Å². The van der Waals surface area contributed by atoms with Crippen LogP contribution in [0, 0.1) is 6.92 Å². The minimum absolute atomic E-state index is 0.115. The normalized spacial score (nSPS) is 15.4.